The maximum absolute atomic E-state index is 13.7. The highest BCUT2D eigenvalue weighted by Gasteiger charge is 2.10. The van der Waals surface area contributed by atoms with Gasteiger partial charge in [0.2, 0.25) is 0 Å². The summed E-state index contributed by atoms with van der Waals surface area (Å²) >= 11 is 4.69. The number of benzene rings is 1. The Bertz CT molecular complexity index is 504. The van der Waals surface area contributed by atoms with Crippen molar-refractivity contribution in [2.24, 2.45) is 0 Å². The molecule has 3 N–H and O–H groups in total. The van der Waals surface area contributed by atoms with Crippen molar-refractivity contribution in [1.29, 1.82) is 0 Å². The van der Waals surface area contributed by atoms with E-state index in [9.17, 15) is 4.39 Å². The third-order valence-corrected chi connectivity index (χ3v) is 3.82. The second-order valence-corrected chi connectivity index (χ2v) is 4.85. The zero-order chi connectivity index (χ0) is 11.7. The normalized spacial score (nSPS) is 10.7. The molecule has 0 fully saturated rings. The third-order valence-electron chi connectivity index (χ3n) is 2.11. The van der Waals surface area contributed by atoms with E-state index in [2.05, 4.69) is 26.1 Å². The van der Waals surface area contributed by atoms with Gasteiger partial charge in [-0.25, -0.2) is 4.39 Å². The Balaban J connectivity index is 2.52. The molecule has 0 radical (unpaired) electrons. The smallest absolute Gasteiger partial charge is 0.145 e. The van der Waals surface area contributed by atoms with Crippen LogP contribution in [0.3, 0.4) is 0 Å². The van der Waals surface area contributed by atoms with Gasteiger partial charge in [0.25, 0.3) is 0 Å². The number of aromatic amines is 1. The molecule has 16 heavy (non-hydrogen) atoms. The van der Waals surface area contributed by atoms with Gasteiger partial charge in [-0.1, -0.05) is 0 Å². The van der Waals surface area contributed by atoms with Crippen molar-refractivity contribution >= 4 is 33.5 Å². The highest BCUT2D eigenvalue weighted by atomic mass is 79.9. The largest absolute Gasteiger partial charge is 0.382 e. The second-order valence-electron chi connectivity index (χ2n) is 3.18. The first-order valence-electron chi connectivity index (χ1n) is 4.46. The molecule has 0 amide bonds. The minimum atomic E-state index is -0.259. The van der Waals surface area contributed by atoms with Crippen LogP contribution in [-0.4, -0.2) is 16.5 Å². The summed E-state index contributed by atoms with van der Waals surface area (Å²) in [7, 11) is 0. The Morgan fingerprint density at radius 2 is 2.19 bits per heavy atom. The summed E-state index contributed by atoms with van der Waals surface area (Å²) in [6.45, 7) is 0. The molecule has 0 bridgehead atoms. The molecule has 0 saturated carbocycles. The Morgan fingerprint density at radius 1 is 1.44 bits per heavy atom. The second kappa shape index (κ2) is 4.47. The van der Waals surface area contributed by atoms with Gasteiger partial charge in [-0.3, -0.25) is 5.10 Å². The van der Waals surface area contributed by atoms with Gasteiger partial charge >= 0.3 is 0 Å². The molecule has 0 unspecified atom stereocenters. The van der Waals surface area contributed by atoms with E-state index in [0.29, 0.717) is 22.0 Å². The van der Waals surface area contributed by atoms with Gasteiger partial charge in [0.1, 0.15) is 11.6 Å². The number of anilines is 1. The summed E-state index contributed by atoms with van der Waals surface area (Å²) in [6.07, 6.45) is 1.83. The molecule has 0 aliphatic carbocycles. The van der Waals surface area contributed by atoms with E-state index in [1.807, 2.05) is 12.3 Å². The fourth-order valence-corrected chi connectivity index (χ4v) is 2.82. The molecule has 0 aliphatic rings. The molecular formula is C10H9BrFN3S. The van der Waals surface area contributed by atoms with Gasteiger partial charge in [0.15, 0.2) is 0 Å². The van der Waals surface area contributed by atoms with Crippen LogP contribution in [0, 0.1) is 5.82 Å². The predicted octanol–water partition coefficient (Wildman–Crippen LogP) is 3.28. The van der Waals surface area contributed by atoms with Crippen molar-refractivity contribution in [3.63, 3.8) is 0 Å². The lowest BCUT2D eigenvalue weighted by Crippen LogP contribution is -1.86. The zero-order valence-corrected chi connectivity index (χ0v) is 10.8. The number of nitrogens with zero attached hydrogens (tertiary/aromatic N) is 1. The summed E-state index contributed by atoms with van der Waals surface area (Å²) in [6, 6.07) is 4.96. The van der Waals surface area contributed by atoms with Crippen LogP contribution in [0.1, 0.15) is 0 Å². The molecule has 2 aromatic rings. The average molecular weight is 302 g/mol. The molecule has 84 valence electrons. The maximum atomic E-state index is 13.7. The van der Waals surface area contributed by atoms with Crippen LogP contribution in [0.5, 0.6) is 0 Å². The topological polar surface area (TPSA) is 54.7 Å². The highest BCUT2D eigenvalue weighted by molar-refractivity contribution is 9.10. The van der Waals surface area contributed by atoms with Gasteiger partial charge in [-0.05, 0) is 34.3 Å². The number of rotatable bonds is 2. The lowest BCUT2D eigenvalue weighted by molar-refractivity contribution is 0.601. The number of hydrogen-bond donors (Lipinski definition) is 2. The van der Waals surface area contributed by atoms with Gasteiger partial charge < -0.3 is 5.73 Å². The van der Waals surface area contributed by atoms with Crippen LogP contribution in [0.4, 0.5) is 10.2 Å². The number of nitrogens with one attached hydrogen (secondary N) is 1. The minimum absolute atomic E-state index is 0.259. The van der Waals surface area contributed by atoms with Crippen molar-refractivity contribution in [3.8, 4) is 11.3 Å². The Hall–Kier alpha value is -1.01. The van der Waals surface area contributed by atoms with Crippen molar-refractivity contribution < 1.29 is 4.39 Å². The van der Waals surface area contributed by atoms with Crippen LogP contribution >= 0.6 is 27.7 Å². The molecule has 0 aliphatic heterocycles. The SMILES string of the molecule is CSc1c(F)cc(-c2cc(N)n[nH]2)cc1Br. The molecule has 6 heteroatoms. The summed E-state index contributed by atoms with van der Waals surface area (Å²) in [5.74, 6) is 0.130. The number of hydrogen-bond acceptors (Lipinski definition) is 3. The van der Waals surface area contributed by atoms with Gasteiger partial charge in [0.05, 0.1) is 10.6 Å². The first-order chi connectivity index (χ1) is 7.61. The molecule has 0 spiro atoms. The van der Waals surface area contributed by atoms with Gasteiger partial charge in [-0.2, -0.15) is 5.10 Å². The van der Waals surface area contributed by atoms with Crippen molar-refractivity contribution in [2.45, 2.75) is 4.90 Å². The molecule has 1 aromatic carbocycles. The lowest BCUT2D eigenvalue weighted by atomic mass is 10.1. The average Bonchev–Trinajstić information content (AvgIpc) is 2.64. The molecular weight excluding hydrogens is 293 g/mol. The van der Waals surface area contributed by atoms with Crippen LogP contribution in [0.15, 0.2) is 27.6 Å². The highest BCUT2D eigenvalue weighted by Crippen LogP contribution is 2.33. The fraction of sp³-hybridized carbons (Fsp3) is 0.100. The van der Waals surface area contributed by atoms with E-state index in [1.54, 1.807) is 6.07 Å². The number of aromatic nitrogens is 2. The van der Waals surface area contributed by atoms with Crippen molar-refractivity contribution in [2.75, 3.05) is 12.0 Å². The molecule has 2 rings (SSSR count). The van der Waals surface area contributed by atoms with Crippen LogP contribution in [0.2, 0.25) is 0 Å². The number of thioether (sulfide) groups is 1. The quantitative estimate of drug-likeness (QED) is 0.837. The molecule has 0 atom stereocenters. The molecule has 1 aromatic heterocycles. The number of nitrogens with two attached hydrogens (primary N) is 1. The van der Waals surface area contributed by atoms with E-state index >= 15 is 0 Å². The standard InChI is InChI=1S/C10H9BrFN3S/c1-16-10-6(11)2-5(3-7(10)12)8-4-9(13)15-14-8/h2-4H,1H3,(H3,13,14,15). The summed E-state index contributed by atoms with van der Waals surface area (Å²) in [5, 5.41) is 6.55. The Kier molecular flexibility index (Phi) is 3.20. The lowest BCUT2D eigenvalue weighted by Gasteiger charge is -2.05. The van der Waals surface area contributed by atoms with Gasteiger partial charge in [-0.15, -0.1) is 11.8 Å². The van der Waals surface area contributed by atoms with E-state index in [1.165, 1.54) is 17.8 Å². The first kappa shape index (κ1) is 11.5. The van der Waals surface area contributed by atoms with Crippen molar-refractivity contribution in [1.82, 2.24) is 10.2 Å². The van der Waals surface area contributed by atoms with E-state index in [0.717, 1.165) is 4.47 Å². The van der Waals surface area contributed by atoms with E-state index in [-0.39, 0.29) is 5.82 Å². The summed E-state index contributed by atoms with van der Waals surface area (Å²) < 4.78 is 14.4. The minimum Gasteiger partial charge on any atom is -0.382 e. The molecule has 1 heterocycles. The Labute approximate surface area is 105 Å². The molecule has 0 saturated heterocycles. The van der Waals surface area contributed by atoms with Gasteiger partial charge in [0, 0.05) is 16.1 Å². The predicted molar refractivity (Wildman–Crippen MR) is 67.9 cm³/mol. The zero-order valence-electron chi connectivity index (χ0n) is 8.42. The van der Waals surface area contributed by atoms with Crippen LogP contribution in [0.25, 0.3) is 11.3 Å². The van der Waals surface area contributed by atoms with Crippen LogP contribution < -0.4 is 5.73 Å². The van der Waals surface area contributed by atoms with Crippen molar-refractivity contribution in [3.05, 3.63) is 28.5 Å². The summed E-state index contributed by atoms with van der Waals surface area (Å²) in [4.78, 5) is 0.594. The Morgan fingerprint density at radius 3 is 2.69 bits per heavy atom. The van der Waals surface area contributed by atoms with E-state index < -0.39 is 0 Å². The molecule has 3 nitrogen and oxygen atoms in total. The summed E-state index contributed by atoms with van der Waals surface area (Å²) in [5.41, 5.74) is 6.91. The number of nitrogen functional groups attached to an aromatic ring is 1. The fourth-order valence-electron chi connectivity index (χ4n) is 1.40. The number of halogens is 2. The number of H-pyrrole nitrogens is 1. The monoisotopic (exact) mass is 301 g/mol. The maximum Gasteiger partial charge on any atom is 0.145 e. The van der Waals surface area contributed by atoms with E-state index in [4.69, 9.17) is 5.73 Å². The van der Waals surface area contributed by atoms with Crippen LogP contribution in [-0.2, 0) is 0 Å². The first-order valence-corrected chi connectivity index (χ1v) is 6.48. The third kappa shape index (κ3) is 2.08.